The number of hydrogen-bond donors (Lipinski definition) is 0. The van der Waals surface area contributed by atoms with Gasteiger partial charge >= 0.3 is 6.09 Å². The van der Waals surface area contributed by atoms with Gasteiger partial charge in [0.05, 0.1) is 17.4 Å². The number of amides is 1. The molecule has 2 aliphatic heterocycles. The first kappa shape index (κ1) is 20.0. The summed E-state index contributed by atoms with van der Waals surface area (Å²) < 4.78 is 17.8. The van der Waals surface area contributed by atoms with Gasteiger partial charge in [-0.05, 0) is 58.1 Å². The summed E-state index contributed by atoms with van der Waals surface area (Å²) in [6.07, 6.45) is 5.71. The maximum atomic E-state index is 12.6. The number of pyridine rings is 1. The number of fused-ring (bicyclic) bond motifs is 5. The highest BCUT2D eigenvalue weighted by Crippen LogP contribution is 2.59. The molecular weight excluding hydrogens is 396 g/mol. The van der Waals surface area contributed by atoms with E-state index < -0.39 is 0 Å². The number of ether oxygens (including phenoxy) is 3. The first-order valence-electron chi connectivity index (χ1n) is 11.0. The molecule has 0 aromatic carbocycles. The van der Waals surface area contributed by atoms with E-state index in [4.69, 9.17) is 14.2 Å². The first-order chi connectivity index (χ1) is 14.9. The van der Waals surface area contributed by atoms with E-state index in [1.807, 2.05) is 44.7 Å². The predicted molar refractivity (Wildman–Crippen MR) is 112 cm³/mol. The molecule has 1 amide bonds. The molecule has 5 rings (SSSR count). The van der Waals surface area contributed by atoms with Crippen molar-refractivity contribution < 1.29 is 19.0 Å². The van der Waals surface area contributed by atoms with Gasteiger partial charge in [-0.1, -0.05) is 0 Å². The molecule has 0 radical (unpaired) electrons. The summed E-state index contributed by atoms with van der Waals surface area (Å²) in [5, 5.41) is 0. The smallest absolute Gasteiger partial charge is 0.410 e. The van der Waals surface area contributed by atoms with Gasteiger partial charge in [0.25, 0.3) is 0 Å². The average molecular weight is 425 g/mol. The van der Waals surface area contributed by atoms with Crippen LogP contribution in [-0.2, 0) is 4.74 Å². The van der Waals surface area contributed by atoms with Crippen LogP contribution in [0.3, 0.4) is 0 Å². The van der Waals surface area contributed by atoms with E-state index in [1.165, 1.54) is 12.7 Å². The summed E-state index contributed by atoms with van der Waals surface area (Å²) in [7, 11) is 0. The second-order valence-corrected chi connectivity index (χ2v) is 9.05. The van der Waals surface area contributed by atoms with Crippen LogP contribution in [0.5, 0.6) is 17.5 Å². The number of rotatable bonds is 5. The van der Waals surface area contributed by atoms with Crippen molar-refractivity contribution in [2.45, 2.75) is 71.2 Å². The minimum absolute atomic E-state index is 0.00692. The average Bonchev–Trinajstić information content (AvgIpc) is 3.48. The molecule has 0 N–H and O–H groups in total. The van der Waals surface area contributed by atoms with E-state index in [0.29, 0.717) is 29.3 Å². The molecule has 1 saturated carbocycles. The fourth-order valence-corrected chi connectivity index (χ4v) is 5.10. The molecule has 0 spiro atoms. The Morgan fingerprint density at radius 1 is 1.06 bits per heavy atom. The molecule has 1 aliphatic carbocycles. The number of aryl methyl sites for hydroxylation is 1. The highest BCUT2D eigenvalue weighted by Gasteiger charge is 2.63. The van der Waals surface area contributed by atoms with Crippen molar-refractivity contribution in [3.63, 3.8) is 0 Å². The summed E-state index contributed by atoms with van der Waals surface area (Å²) in [6, 6.07) is 4.07. The third-order valence-electron chi connectivity index (χ3n) is 6.59. The zero-order valence-electron chi connectivity index (χ0n) is 18.3. The summed E-state index contributed by atoms with van der Waals surface area (Å²) in [4.78, 5) is 27.5. The van der Waals surface area contributed by atoms with Crippen LogP contribution in [0.15, 0.2) is 24.7 Å². The molecule has 8 heteroatoms. The SMILES string of the molecule is Cc1ncccc1Oc1ncnc(OC2C[C@@H]3C4CC4[C@@H](C2)N3C(=O)OC(C)C)c1C. The lowest BCUT2D eigenvalue weighted by Gasteiger charge is -2.40. The van der Waals surface area contributed by atoms with Gasteiger partial charge in [-0.15, -0.1) is 0 Å². The number of hydrogen-bond acceptors (Lipinski definition) is 7. The second kappa shape index (κ2) is 7.66. The van der Waals surface area contributed by atoms with E-state index in [9.17, 15) is 4.79 Å². The molecule has 3 aliphatic rings. The molecule has 2 aromatic heterocycles. The fraction of sp³-hybridized carbons (Fsp3) is 0.565. The summed E-state index contributed by atoms with van der Waals surface area (Å²) in [5.74, 6) is 2.81. The van der Waals surface area contributed by atoms with E-state index >= 15 is 0 Å². The lowest BCUT2D eigenvalue weighted by molar-refractivity contribution is 0.00803. The Kier molecular flexibility index (Phi) is 4.95. The van der Waals surface area contributed by atoms with Gasteiger partial charge in [0.15, 0.2) is 5.75 Å². The minimum atomic E-state index is -0.184. The molecular formula is C23H28N4O4. The van der Waals surface area contributed by atoms with Crippen LogP contribution in [0.1, 0.15) is 44.4 Å². The minimum Gasteiger partial charge on any atom is -0.474 e. The normalized spacial score (nSPS) is 28.3. The Labute approximate surface area is 182 Å². The molecule has 2 bridgehead atoms. The summed E-state index contributed by atoms with van der Waals surface area (Å²) >= 11 is 0. The van der Waals surface area contributed by atoms with Crippen LogP contribution in [0.4, 0.5) is 4.79 Å². The summed E-state index contributed by atoms with van der Waals surface area (Å²) in [6.45, 7) is 7.57. The third-order valence-corrected chi connectivity index (χ3v) is 6.59. The largest absolute Gasteiger partial charge is 0.474 e. The zero-order chi connectivity index (χ0) is 21.7. The van der Waals surface area contributed by atoms with Gasteiger partial charge in [0, 0.05) is 31.1 Å². The van der Waals surface area contributed by atoms with Gasteiger partial charge in [0.2, 0.25) is 11.8 Å². The Hall–Kier alpha value is -2.90. The van der Waals surface area contributed by atoms with Crippen LogP contribution in [-0.4, -0.2) is 50.2 Å². The Balaban J connectivity index is 1.30. The standard InChI is InChI=1S/C23H28N4O4/c1-12(2)29-23(28)27-18-8-15(9-19(27)17-10-16(17)18)30-21-13(3)22(26-11-25-21)31-20-6-5-7-24-14(20)4/h5-7,11-12,15-19H,8-10H2,1-4H3/t15?,16?,17?,18-,19-/m1/s1. The highest BCUT2D eigenvalue weighted by atomic mass is 16.6. The van der Waals surface area contributed by atoms with Crippen molar-refractivity contribution in [3.8, 4) is 17.5 Å². The molecule has 8 nitrogen and oxygen atoms in total. The molecule has 2 saturated heterocycles. The topological polar surface area (TPSA) is 86.7 Å². The van der Waals surface area contributed by atoms with Crippen LogP contribution < -0.4 is 9.47 Å². The fourth-order valence-electron chi connectivity index (χ4n) is 5.10. The predicted octanol–water partition coefficient (Wildman–Crippen LogP) is 4.06. The van der Waals surface area contributed by atoms with Gasteiger partial charge < -0.3 is 19.1 Å². The lowest BCUT2D eigenvalue weighted by Crippen LogP contribution is -2.52. The number of carbonyl (C=O) groups is 1. The molecule has 164 valence electrons. The van der Waals surface area contributed by atoms with E-state index in [1.54, 1.807) is 6.20 Å². The maximum absolute atomic E-state index is 12.6. The van der Waals surface area contributed by atoms with E-state index in [0.717, 1.165) is 24.1 Å². The van der Waals surface area contributed by atoms with Crippen molar-refractivity contribution in [3.05, 3.63) is 35.9 Å². The highest BCUT2D eigenvalue weighted by molar-refractivity contribution is 5.70. The maximum Gasteiger partial charge on any atom is 0.410 e. The molecule has 4 atom stereocenters. The molecule has 31 heavy (non-hydrogen) atoms. The second-order valence-electron chi connectivity index (χ2n) is 9.05. The number of aromatic nitrogens is 3. The number of piperidine rings is 2. The van der Waals surface area contributed by atoms with Gasteiger partial charge in [-0.3, -0.25) is 4.98 Å². The van der Waals surface area contributed by atoms with Crippen molar-refractivity contribution in [1.29, 1.82) is 0 Å². The Bertz CT molecular complexity index is 979. The van der Waals surface area contributed by atoms with Gasteiger partial charge in [-0.25, -0.2) is 14.8 Å². The zero-order valence-corrected chi connectivity index (χ0v) is 18.3. The van der Waals surface area contributed by atoms with Crippen LogP contribution >= 0.6 is 0 Å². The van der Waals surface area contributed by atoms with Crippen molar-refractivity contribution in [1.82, 2.24) is 19.9 Å². The number of carbonyl (C=O) groups excluding carboxylic acids is 1. The lowest BCUT2D eigenvalue weighted by atomic mass is 9.95. The third kappa shape index (κ3) is 3.68. The van der Waals surface area contributed by atoms with Gasteiger partial charge in [0.1, 0.15) is 12.4 Å². The number of nitrogens with zero attached hydrogens (tertiary/aromatic N) is 4. The summed E-state index contributed by atoms with van der Waals surface area (Å²) in [5.41, 5.74) is 1.55. The monoisotopic (exact) mass is 424 g/mol. The molecule has 4 heterocycles. The Morgan fingerprint density at radius 3 is 2.45 bits per heavy atom. The van der Waals surface area contributed by atoms with Crippen molar-refractivity contribution in [2.75, 3.05) is 0 Å². The van der Waals surface area contributed by atoms with Crippen LogP contribution in [0, 0.1) is 25.7 Å². The molecule has 2 unspecified atom stereocenters. The Morgan fingerprint density at radius 2 is 1.77 bits per heavy atom. The molecule has 3 fully saturated rings. The van der Waals surface area contributed by atoms with E-state index in [-0.39, 0.29) is 30.4 Å². The van der Waals surface area contributed by atoms with Crippen molar-refractivity contribution >= 4 is 6.09 Å². The van der Waals surface area contributed by atoms with Crippen LogP contribution in [0.25, 0.3) is 0 Å². The first-order valence-corrected chi connectivity index (χ1v) is 11.0. The van der Waals surface area contributed by atoms with E-state index in [2.05, 4.69) is 15.0 Å². The van der Waals surface area contributed by atoms with Crippen LogP contribution in [0.2, 0.25) is 0 Å². The van der Waals surface area contributed by atoms with Crippen molar-refractivity contribution in [2.24, 2.45) is 11.8 Å². The quantitative estimate of drug-likeness (QED) is 0.715. The van der Waals surface area contributed by atoms with Gasteiger partial charge in [-0.2, -0.15) is 0 Å². The molecule has 2 aromatic rings.